The van der Waals surface area contributed by atoms with Gasteiger partial charge in [-0.15, -0.1) is 0 Å². The molecule has 0 unspecified atom stereocenters. The zero-order valence-corrected chi connectivity index (χ0v) is 13.5. The Kier molecular flexibility index (Phi) is 5.26. The zero-order valence-electron chi connectivity index (χ0n) is 11.9. The SMILES string of the molecule is C[C@H]1C[C@@H]1[C@@H](NS(=O)(=O)CCCC#N)c1ccc(Cl)cc1. The predicted octanol–water partition coefficient (Wildman–Crippen LogP) is 3.26. The summed E-state index contributed by atoms with van der Waals surface area (Å²) in [7, 11) is -3.37. The van der Waals surface area contributed by atoms with Gasteiger partial charge in [-0.1, -0.05) is 30.7 Å². The molecule has 0 aliphatic heterocycles. The van der Waals surface area contributed by atoms with E-state index in [1.807, 2.05) is 18.2 Å². The van der Waals surface area contributed by atoms with E-state index >= 15 is 0 Å². The monoisotopic (exact) mass is 326 g/mol. The summed E-state index contributed by atoms with van der Waals surface area (Å²) in [5.41, 5.74) is 0.942. The topological polar surface area (TPSA) is 70.0 Å². The van der Waals surface area contributed by atoms with E-state index in [0.29, 0.717) is 23.3 Å². The van der Waals surface area contributed by atoms with Crippen molar-refractivity contribution in [2.24, 2.45) is 11.8 Å². The summed E-state index contributed by atoms with van der Waals surface area (Å²) in [5, 5.41) is 9.14. The lowest BCUT2D eigenvalue weighted by Crippen LogP contribution is -2.32. The van der Waals surface area contributed by atoms with Gasteiger partial charge >= 0.3 is 0 Å². The number of hydrogen-bond donors (Lipinski definition) is 1. The van der Waals surface area contributed by atoms with Crippen LogP contribution in [0, 0.1) is 23.2 Å². The molecule has 0 radical (unpaired) electrons. The molecule has 1 aliphatic carbocycles. The van der Waals surface area contributed by atoms with Gasteiger partial charge in [0.1, 0.15) is 0 Å². The zero-order chi connectivity index (χ0) is 15.5. The highest BCUT2D eigenvalue weighted by Crippen LogP contribution is 2.47. The average molecular weight is 327 g/mol. The van der Waals surface area contributed by atoms with E-state index in [0.717, 1.165) is 12.0 Å². The highest BCUT2D eigenvalue weighted by Gasteiger charge is 2.41. The molecule has 1 saturated carbocycles. The lowest BCUT2D eigenvalue weighted by Gasteiger charge is -2.19. The fourth-order valence-corrected chi connectivity index (χ4v) is 3.95. The highest BCUT2D eigenvalue weighted by atomic mass is 35.5. The van der Waals surface area contributed by atoms with Crippen molar-refractivity contribution >= 4 is 21.6 Å². The van der Waals surface area contributed by atoms with Gasteiger partial charge in [0.05, 0.1) is 11.8 Å². The molecule has 0 aromatic heterocycles. The van der Waals surface area contributed by atoms with Gasteiger partial charge in [-0.05, 0) is 42.4 Å². The second-order valence-electron chi connectivity index (χ2n) is 5.60. The van der Waals surface area contributed by atoms with Gasteiger partial charge in [-0.2, -0.15) is 5.26 Å². The molecule has 0 spiro atoms. The van der Waals surface area contributed by atoms with Crippen LogP contribution in [-0.2, 0) is 10.0 Å². The van der Waals surface area contributed by atoms with Crippen molar-refractivity contribution < 1.29 is 8.42 Å². The molecular formula is C15H19ClN2O2S. The summed E-state index contributed by atoms with van der Waals surface area (Å²) in [6.45, 7) is 2.12. The van der Waals surface area contributed by atoms with Crippen LogP contribution in [0.4, 0.5) is 0 Å². The first-order valence-corrected chi connectivity index (χ1v) is 9.08. The minimum Gasteiger partial charge on any atom is -0.212 e. The molecule has 21 heavy (non-hydrogen) atoms. The third-order valence-corrected chi connectivity index (χ3v) is 5.53. The minimum absolute atomic E-state index is 0.00818. The molecule has 1 fully saturated rings. The molecule has 1 aromatic carbocycles. The standard InChI is InChI=1S/C15H19ClN2O2S/c1-11-10-14(11)15(12-4-6-13(16)7-5-12)18-21(19,20)9-3-2-8-17/h4-7,11,14-15,18H,2-3,9-10H2,1H3/t11-,14-,15-/m0/s1. The van der Waals surface area contributed by atoms with Gasteiger partial charge < -0.3 is 0 Å². The Morgan fingerprint density at radius 2 is 2.05 bits per heavy atom. The van der Waals surface area contributed by atoms with Crippen molar-refractivity contribution in [3.05, 3.63) is 34.9 Å². The van der Waals surface area contributed by atoms with Crippen LogP contribution in [0.5, 0.6) is 0 Å². The molecule has 6 heteroatoms. The summed E-state index contributed by atoms with van der Waals surface area (Å²) in [4.78, 5) is 0. The van der Waals surface area contributed by atoms with Crippen molar-refractivity contribution in [3.63, 3.8) is 0 Å². The van der Waals surface area contributed by atoms with Crippen molar-refractivity contribution in [3.8, 4) is 6.07 Å². The predicted molar refractivity (Wildman–Crippen MR) is 83.2 cm³/mol. The van der Waals surface area contributed by atoms with Crippen molar-refractivity contribution in [2.45, 2.75) is 32.2 Å². The lowest BCUT2D eigenvalue weighted by atomic mass is 10.0. The number of unbranched alkanes of at least 4 members (excludes halogenated alkanes) is 1. The Morgan fingerprint density at radius 3 is 2.57 bits per heavy atom. The summed E-state index contributed by atoms with van der Waals surface area (Å²) >= 11 is 5.89. The van der Waals surface area contributed by atoms with Gasteiger partial charge in [0.15, 0.2) is 0 Å². The third-order valence-electron chi connectivity index (χ3n) is 3.84. The molecule has 0 heterocycles. The van der Waals surface area contributed by atoms with Crippen LogP contribution in [0.1, 0.15) is 37.8 Å². The largest absolute Gasteiger partial charge is 0.212 e. The number of benzene rings is 1. The quantitative estimate of drug-likeness (QED) is 0.782. The normalized spacial score (nSPS) is 22.5. The number of halogens is 1. The maximum Gasteiger partial charge on any atom is 0.212 e. The first-order chi connectivity index (χ1) is 9.93. The lowest BCUT2D eigenvalue weighted by molar-refractivity contribution is 0.512. The van der Waals surface area contributed by atoms with Gasteiger partial charge in [0, 0.05) is 17.5 Å². The van der Waals surface area contributed by atoms with Crippen LogP contribution in [0.15, 0.2) is 24.3 Å². The summed E-state index contributed by atoms with van der Waals surface area (Å²) in [6.07, 6.45) is 1.64. The molecule has 1 aromatic rings. The van der Waals surface area contributed by atoms with Gasteiger partial charge in [0.2, 0.25) is 10.0 Å². The van der Waals surface area contributed by atoms with Crippen molar-refractivity contribution in [1.82, 2.24) is 4.72 Å². The molecule has 4 nitrogen and oxygen atoms in total. The number of nitrogens with zero attached hydrogens (tertiary/aromatic N) is 1. The number of sulfonamides is 1. The molecule has 0 bridgehead atoms. The second-order valence-corrected chi connectivity index (χ2v) is 7.91. The fraction of sp³-hybridized carbons (Fsp3) is 0.533. The van der Waals surface area contributed by atoms with Crippen LogP contribution in [-0.4, -0.2) is 14.2 Å². The third kappa shape index (κ3) is 4.70. The van der Waals surface area contributed by atoms with Crippen LogP contribution in [0.25, 0.3) is 0 Å². The Balaban J connectivity index is 2.11. The van der Waals surface area contributed by atoms with Gasteiger partial charge in [-0.25, -0.2) is 13.1 Å². The van der Waals surface area contributed by atoms with E-state index in [9.17, 15) is 8.42 Å². The number of nitriles is 1. The molecule has 1 N–H and O–H groups in total. The van der Waals surface area contributed by atoms with E-state index in [1.165, 1.54) is 0 Å². The Bertz CT molecular complexity index is 622. The smallest absolute Gasteiger partial charge is 0.212 e. The van der Waals surface area contributed by atoms with Gasteiger partial charge in [-0.3, -0.25) is 0 Å². The van der Waals surface area contributed by atoms with Crippen LogP contribution in [0.2, 0.25) is 5.02 Å². The average Bonchev–Trinajstić information content (AvgIpc) is 3.14. The molecule has 0 amide bonds. The fourth-order valence-electron chi connectivity index (χ4n) is 2.48. The number of rotatable bonds is 7. The molecule has 0 saturated heterocycles. The van der Waals surface area contributed by atoms with Crippen molar-refractivity contribution in [2.75, 3.05) is 5.75 Å². The molecule has 1 aliphatic rings. The minimum atomic E-state index is -3.37. The molecule has 2 rings (SSSR count). The Labute approximate surface area is 131 Å². The molecule has 3 atom stereocenters. The van der Waals surface area contributed by atoms with Crippen molar-refractivity contribution in [1.29, 1.82) is 5.26 Å². The van der Waals surface area contributed by atoms with Crippen LogP contribution in [0.3, 0.4) is 0 Å². The van der Waals surface area contributed by atoms with E-state index < -0.39 is 10.0 Å². The van der Waals surface area contributed by atoms with E-state index in [2.05, 4.69) is 11.6 Å². The van der Waals surface area contributed by atoms with E-state index in [4.69, 9.17) is 16.9 Å². The Morgan fingerprint density at radius 1 is 1.43 bits per heavy atom. The maximum atomic E-state index is 12.1. The van der Waals surface area contributed by atoms with Crippen LogP contribution >= 0.6 is 11.6 Å². The molecule has 114 valence electrons. The summed E-state index contributed by atoms with van der Waals surface area (Å²) in [6, 6.07) is 9.06. The first kappa shape index (κ1) is 16.3. The summed E-state index contributed by atoms with van der Waals surface area (Å²) in [5.74, 6) is 0.843. The van der Waals surface area contributed by atoms with E-state index in [1.54, 1.807) is 12.1 Å². The van der Waals surface area contributed by atoms with E-state index in [-0.39, 0.29) is 18.2 Å². The highest BCUT2D eigenvalue weighted by molar-refractivity contribution is 7.89. The molecular weight excluding hydrogens is 308 g/mol. The van der Waals surface area contributed by atoms with Gasteiger partial charge in [0.25, 0.3) is 0 Å². The number of nitrogens with one attached hydrogen (secondary N) is 1. The number of hydrogen-bond acceptors (Lipinski definition) is 3. The Hall–Kier alpha value is -1.09. The van der Waals surface area contributed by atoms with Crippen LogP contribution < -0.4 is 4.72 Å². The first-order valence-electron chi connectivity index (χ1n) is 7.05. The maximum absolute atomic E-state index is 12.1. The second kappa shape index (κ2) is 6.78. The summed E-state index contributed by atoms with van der Waals surface area (Å²) < 4.78 is 27.1.